The van der Waals surface area contributed by atoms with Crippen molar-refractivity contribution in [1.29, 1.82) is 0 Å². The van der Waals surface area contributed by atoms with Crippen LogP contribution in [0, 0.1) is 5.92 Å². The summed E-state index contributed by atoms with van der Waals surface area (Å²) in [6.45, 7) is 1.23. The molecule has 0 bridgehead atoms. The zero-order valence-electron chi connectivity index (χ0n) is 10.9. The second-order valence-corrected chi connectivity index (χ2v) is 5.08. The molecule has 1 aromatic heterocycles. The van der Waals surface area contributed by atoms with E-state index in [1.54, 1.807) is 18.3 Å². The molecule has 4 nitrogen and oxygen atoms in total. The number of amides is 1. The molecule has 4 heteroatoms. The van der Waals surface area contributed by atoms with Crippen molar-refractivity contribution in [2.75, 3.05) is 13.6 Å². The molecule has 0 saturated heterocycles. The van der Waals surface area contributed by atoms with Crippen LogP contribution >= 0.6 is 0 Å². The zero-order valence-corrected chi connectivity index (χ0v) is 10.9. The number of nitrogens with two attached hydrogens (primary N) is 1. The molecule has 0 atom stereocenters. The molecule has 2 N–H and O–H groups in total. The first-order valence-electron chi connectivity index (χ1n) is 6.61. The monoisotopic (exact) mass is 247 g/mol. The smallest absolute Gasteiger partial charge is 0.253 e. The van der Waals surface area contributed by atoms with Gasteiger partial charge in [-0.05, 0) is 30.9 Å². The van der Waals surface area contributed by atoms with E-state index in [0.29, 0.717) is 18.0 Å². The molecule has 2 rings (SSSR count). The molecule has 0 radical (unpaired) electrons. The van der Waals surface area contributed by atoms with Crippen LogP contribution in [0.2, 0.25) is 0 Å². The molecule has 1 saturated carbocycles. The maximum Gasteiger partial charge on any atom is 0.253 e. The van der Waals surface area contributed by atoms with E-state index in [4.69, 9.17) is 5.73 Å². The van der Waals surface area contributed by atoms with Gasteiger partial charge in [0.1, 0.15) is 0 Å². The number of hydrogen-bond donors (Lipinski definition) is 1. The average Bonchev–Trinajstić information content (AvgIpc) is 2.90. The minimum absolute atomic E-state index is 0.0685. The SMILES string of the molecule is CN(CC1CCCC1)C(=O)c1ccnc(CN)c1. The normalized spacial score (nSPS) is 15.9. The van der Waals surface area contributed by atoms with Crippen LogP contribution in [0.3, 0.4) is 0 Å². The first kappa shape index (κ1) is 13.0. The van der Waals surface area contributed by atoms with E-state index in [1.807, 2.05) is 11.9 Å². The highest BCUT2D eigenvalue weighted by Gasteiger charge is 2.20. The van der Waals surface area contributed by atoms with Gasteiger partial charge in [-0.1, -0.05) is 12.8 Å². The lowest BCUT2D eigenvalue weighted by atomic mass is 10.1. The third-order valence-electron chi connectivity index (χ3n) is 3.63. The summed E-state index contributed by atoms with van der Waals surface area (Å²) in [5.74, 6) is 0.744. The van der Waals surface area contributed by atoms with Crippen LogP contribution in [-0.2, 0) is 6.54 Å². The van der Waals surface area contributed by atoms with E-state index in [1.165, 1.54) is 25.7 Å². The summed E-state index contributed by atoms with van der Waals surface area (Å²) in [6, 6.07) is 3.54. The van der Waals surface area contributed by atoms with Crippen LogP contribution in [0.5, 0.6) is 0 Å². The predicted molar refractivity (Wildman–Crippen MR) is 71.0 cm³/mol. The Labute approximate surface area is 108 Å². The van der Waals surface area contributed by atoms with Gasteiger partial charge in [0.25, 0.3) is 5.91 Å². The van der Waals surface area contributed by atoms with Crippen molar-refractivity contribution in [3.05, 3.63) is 29.6 Å². The van der Waals surface area contributed by atoms with Gasteiger partial charge in [0.2, 0.25) is 0 Å². The molecule has 0 unspecified atom stereocenters. The van der Waals surface area contributed by atoms with Crippen LogP contribution in [0.1, 0.15) is 41.7 Å². The predicted octanol–water partition coefficient (Wildman–Crippen LogP) is 1.80. The summed E-state index contributed by atoms with van der Waals surface area (Å²) in [4.78, 5) is 18.2. The minimum Gasteiger partial charge on any atom is -0.341 e. The summed E-state index contributed by atoms with van der Waals surface area (Å²) in [5.41, 5.74) is 6.99. The molecule has 1 aromatic rings. The Morgan fingerprint density at radius 2 is 2.22 bits per heavy atom. The van der Waals surface area contributed by atoms with Crippen molar-refractivity contribution < 1.29 is 4.79 Å². The number of carbonyl (C=O) groups excluding carboxylic acids is 1. The molecule has 1 aliphatic rings. The molecule has 98 valence electrons. The van der Waals surface area contributed by atoms with E-state index >= 15 is 0 Å². The van der Waals surface area contributed by atoms with Gasteiger partial charge in [-0.3, -0.25) is 9.78 Å². The second-order valence-electron chi connectivity index (χ2n) is 5.08. The lowest BCUT2D eigenvalue weighted by Crippen LogP contribution is -2.31. The number of carbonyl (C=O) groups is 1. The fraction of sp³-hybridized carbons (Fsp3) is 0.571. The molecule has 0 aromatic carbocycles. The number of aromatic nitrogens is 1. The molecule has 0 spiro atoms. The quantitative estimate of drug-likeness (QED) is 0.882. The van der Waals surface area contributed by atoms with Crippen LogP contribution in [0.25, 0.3) is 0 Å². The van der Waals surface area contributed by atoms with Gasteiger partial charge in [0.05, 0.1) is 5.69 Å². The highest BCUT2D eigenvalue weighted by atomic mass is 16.2. The Kier molecular flexibility index (Phi) is 4.31. The van der Waals surface area contributed by atoms with Gasteiger partial charge in [-0.25, -0.2) is 0 Å². The summed E-state index contributed by atoms with van der Waals surface area (Å²) in [7, 11) is 1.88. The van der Waals surface area contributed by atoms with Crippen molar-refractivity contribution in [3.8, 4) is 0 Å². The molecular formula is C14H21N3O. The molecule has 0 aliphatic heterocycles. The number of pyridine rings is 1. The summed E-state index contributed by atoms with van der Waals surface area (Å²) >= 11 is 0. The average molecular weight is 247 g/mol. The minimum atomic E-state index is 0.0685. The lowest BCUT2D eigenvalue weighted by molar-refractivity contribution is 0.0773. The highest BCUT2D eigenvalue weighted by Crippen LogP contribution is 2.25. The summed E-state index contributed by atoms with van der Waals surface area (Å²) in [6.07, 6.45) is 6.77. The topological polar surface area (TPSA) is 59.2 Å². The zero-order chi connectivity index (χ0) is 13.0. The van der Waals surface area contributed by atoms with E-state index in [-0.39, 0.29) is 5.91 Å². The third kappa shape index (κ3) is 3.07. The van der Waals surface area contributed by atoms with Gasteiger partial charge in [0, 0.05) is 31.9 Å². The number of rotatable bonds is 4. The summed E-state index contributed by atoms with van der Waals surface area (Å²) in [5, 5.41) is 0. The standard InChI is InChI=1S/C14H21N3O/c1-17(10-11-4-2-3-5-11)14(18)12-6-7-16-13(8-12)9-15/h6-8,11H,2-5,9-10,15H2,1H3. The van der Waals surface area contributed by atoms with Crippen LogP contribution in [-0.4, -0.2) is 29.4 Å². The molecule has 1 heterocycles. The van der Waals surface area contributed by atoms with E-state index < -0.39 is 0 Å². The van der Waals surface area contributed by atoms with E-state index in [2.05, 4.69) is 4.98 Å². The summed E-state index contributed by atoms with van der Waals surface area (Å²) < 4.78 is 0. The maximum absolute atomic E-state index is 12.3. The van der Waals surface area contributed by atoms with Gasteiger partial charge in [0.15, 0.2) is 0 Å². The van der Waals surface area contributed by atoms with Gasteiger partial charge < -0.3 is 10.6 Å². The first-order chi connectivity index (χ1) is 8.70. The van der Waals surface area contributed by atoms with Gasteiger partial charge >= 0.3 is 0 Å². The first-order valence-corrected chi connectivity index (χ1v) is 6.61. The Morgan fingerprint density at radius 1 is 1.50 bits per heavy atom. The Hall–Kier alpha value is -1.42. The van der Waals surface area contributed by atoms with Crippen molar-refractivity contribution in [3.63, 3.8) is 0 Å². The van der Waals surface area contributed by atoms with Crippen molar-refractivity contribution in [2.24, 2.45) is 11.7 Å². The number of hydrogen-bond acceptors (Lipinski definition) is 3. The fourth-order valence-electron chi connectivity index (χ4n) is 2.61. The fourth-order valence-corrected chi connectivity index (χ4v) is 2.61. The largest absolute Gasteiger partial charge is 0.341 e. The Balaban J connectivity index is 2.00. The Bertz CT molecular complexity index is 413. The van der Waals surface area contributed by atoms with Crippen molar-refractivity contribution >= 4 is 5.91 Å². The Morgan fingerprint density at radius 3 is 2.89 bits per heavy atom. The van der Waals surface area contributed by atoms with Crippen molar-refractivity contribution in [2.45, 2.75) is 32.2 Å². The highest BCUT2D eigenvalue weighted by molar-refractivity contribution is 5.94. The second kappa shape index (κ2) is 5.96. The molecular weight excluding hydrogens is 226 g/mol. The molecule has 1 amide bonds. The van der Waals surface area contributed by atoms with Crippen LogP contribution in [0.4, 0.5) is 0 Å². The van der Waals surface area contributed by atoms with Crippen LogP contribution in [0.15, 0.2) is 18.3 Å². The lowest BCUT2D eigenvalue weighted by Gasteiger charge is -2.21. The van der Waals surface area contributed by atoms with Gasteiger partial charge in [-0.15, -0.1) is 0 Å². The van der Waals surface area contributed by atoms with E-state index in [0.717, 1.165) is 12.2 Å². The maximum atomic E-state index is 12.3. The van der Waals surface area contributed by atoms with Crippen molar-refractivity contribution in [1.82, 2.24) is 9.88 Å². The number of nitrogens with zero attached hydrogens (tertiary/aromatic N) is 2. The van der Waals surface area contributed by atoms with E-state index in [9.17, 15) is 4.79 Å². The molecule has 18 heavy (non-hydrogen) atoms. The van der Waals surface area contributed by atoms with Gasteiger partial charge in [-0.2, -0.15) is 0 Å². The van der Waals surface area contributed by atoms with Crippen LogP contribution < -0.4 is 5.73 Å². The molecule has 1 fully saturated rings. The third-order valence-corrected chi connectivity index (χ3v) is 3.63. The molecule has 1 aliphatic carbocycles.